The van der Waals surface area contributed by atoms with Crippen LogP contribution in [0.5, 0.6) is 0 Å². The molecule has 1 heterocycles. The molecule has 56 valence electrons. The van der Waals surface area contributed by atoms with Crippen molar-refractivity contribution in [3.63, 3.8) is 0 Å². The maximum atomic E-state index is 8.54. The molecule has 0 amide bonds. The van der Waals surface area contributed by atoms with Crippen LogP contribution >= 0.6 is 15.9 Å². The number of aryl methyl sites for hydroxylation is 1. The summed E-state index contributed by atoms with van der Waals surface area (Å²) in [4.78, 5) is 0. The smallest absolute Gasteiger partial charge is 0.0735 e. The molecule has 0 bridgehead atoms. The molecule has 0 atom stereocenters. The minimum absolute atomic E-state index is 0.133. The Morgan fingerprint density at radius 2 is 2.50 bits per heavy atom. The fraction of sp³-hybridized carbons (Fsp3) is 0.500. The summed E-state index contributed by atoms with van der Waals surface area (Å²) in [5.41, 5.74) is 0.952. The predicted molar refractivity (Wildman–Crippen MR) is 41.7 cm³/mol. The monoisotopic (exact) mass is 204 g/mol. The molecule has 1 rings (SSSR count). The molecule has 0 unspecified atom stereocenters. The first kappa shape index (κ1) is 7.75. The van der Waals surface area contributed by atoms with Crippen LogP contribution in [0.25, 0.3) is 0 Å². The maximum Gasteiger partial charge on any atom is 0.0735 e. The highest BCUT2D eigenvalue weighted by Gasteiger charge is 1.98. The van der Waals surface area contributed by atoms with E-state index in [0.717, 1.165) is 10.2 Å². The lowest BCUT2D eigenvalue weighted by Crippen LogP contribution is -2.01. The molecule has 0 aliphatic rings. The van der Waals surface area contributed by atoms with E-state index in [1.54, 1.807) is 4.68 Å². The van der Waals surface area contributed by atoms with Gasteiger partial charge in [-0.15, -0.1) is 0 Å². The highest BCUT2D eigenvalue weighted by atomic mass is 79.9. The van der Waals surface area contributed by atoms with Crippen molar-refractivity contribution in [3.8, 4) is 0 Å². The molecule has 4 heteroatoms. The SMILES string of the molecule is Cc1nn(CCO)cc1Br. The van der Waals surface area contributed by atoms with Crippen molar-refractivity contribution in [3.05, 3.63) is 16.4 Å². The van der Waals surface area contributed by atoms with Gasteiger partial charge in [0.1, 0.15) is 0 Å². The Bertz CT molecular complexity index is 202. The number of aliphatic hydroxyl groups is 1. The third-order valence-corrected chi connectivity index (χ3v) is 1.99. The van der Waals surface area contributed by atoms with E-state index in [-0.39, 0.29) is 6.61 Å². The van der Waals surface area contributed by atoms with Crippen LogP contribution in [0.15, 0.2) is 10.7 Å². The Balaban J connectivity index is 2.77. The molecular formula is C6H9BrN2O. The molecule has 0 aromatic carbocycles. The van der Waals surface area contributed by atoms with E-state index >= 15 is 0 Å². The van der Waals surface area contributed by atoms with Crippen LogP contribution in [0, 0.1) is 6.92 Å². The van der Waals surface area contributed by atoms with E-state index in [9.17, 15) is 0 Å². The van der Waals surface area contributed by atoms with Gasteiger partial charge in [-0.3, -0.25) is 4.68 Å². The van der Waals surface area contributed by atoms with E-state index in [4.69, 9.17) is 5.11 Å². The van der Waals surface area contributed by atoms with Crippen LogP contribution in [0.2, 0.25) is 0 Å². The second-order valence-electron chi connectivity index (χ2n) is 2.05. The van der Waals surface area contributed by atoms with Gasteiger partial charge < -0.3 is 5.11 Å². The third kappa shape index (κ3) is 1.58. The molecule has 0 aliphatic heterocycles. The van der Waals surface area contributed by atoms with Gasteiger partial charge in [-0.1, -0.05) is 0 Å². The number of halogens is 1. The minimum Gasteiger partial charge on any atom is -0.394 e. The standard InChI is InChI=1S/C6H9BrN2O/c1-5-6(7)4-9(8-5)2-3-10/h4,10H,2-3H2,1H3. The Morgan fingerprint density at radius 1 is 1.80 bits per heavy atom. The predicted octanol–water partition coefficient (Wildman–Crippen LogP) is 0.946. The van der Waals surface area contributed by atoms with Gasteiger partial charge in [-0.05, 0) is 22.9 Å². The summed E-state index contributed by atoms with van der Waals surface area (Å²) in [6, 6.07) is 0. The lowest BCUT2D eigenvalue weighted by Gasteiger charge is -1.93. The summed E-state index contributed by atoms with van der Waals surface area (Å²) in [5, 5.41) is 12.7. The largest absolute Gasteiger partial charge is 0.394 e. The summed E-state index contributed by atoms with van der Waals surface area (Å²) < 4.78 is 2.69. The van der Waals surface area contributed by atoms with E-state index < -0.39 is 0 Å². The second kappa shape index (κ2) is 3.16. The Kier molecular flexibility index (Phi) is 2.45. The van der Waals surface area contributed by atoms with Gasteiger partial charge in [0.25, 0.3) is 0 Å². The molecule has 10 heavy (non-hydrogen) atoms. The molecule has 0 aliphatic carbocycles. The van der Waals surface area contributed by atoms with Gasteiger partial charge in [0.05, 0.1) is 23.3 Å². The fourth-order valence-corrected chi connectivity index (χ4v) is 1.03. The van der Waals surface area contributed by atoms with Gasteiger partial charge in [-0.25, -0.2) is 0 Å². The Morgan fingerprint density at radius 3 is 2.90 bits per heavy atom. The first-order valence-corrected chi connectivity index (χ1v) is 3.83. The van der Waals surface area contributed by atoms with Crippen molar-refractivity contribution in [1.82, 2.24) is 9.78 Å². The van der Waals surface area contributed by atoms with Crippen molar-refractivity contribution in [1.29, 1.82) is 0 Å². The zero-order chi connectivity index (χ0) is 7.56. The van der Waals surface area contributed by atoms with Gasteiger partial charge in [0.15, 0.2) is 0 Å². The topological polar surface area (TPSA) is 38.0 Å². The highest BCUT2D eigenvalue weighted by molar-refractivity contribution is 9.10. The zero-order valence-corrected chi connectivity index (χ0v) is 7.30. The highest BCUT2D eigenvalue weighted by Crippen LogP contribution is 2.12. The molecule has 1 aromatic rings. The maximum absolute atomic E-state index is 8.54. The van der Waals surface area contributed by atoms with Gasteiger partial charge in [0.2, 0.25) is 0 Å². The van der Waals surface area contributed by atoms with Crippen molar-refractivity contribution < 1.29 is 5.11 Å². The van der Waals surface area contributed by atoms with Crippen molar-refractivity contribution in [2.45, 2.75) is 13.5 Å². The molecule has 0 fully saturated rings. The Hall–Kier alpha value is -0.350. The van der Waals surface area contributed by atoms with E-state index in [1.807, 2.05) is 13.1 Å². The first-order valence-electron chi connectivity index (χ1n) is 3.04. The van der Waals surface area contributed by atoms with Crippen LogP contribution in [0.1, 0.15) is 5.69 Å². The average molecular weight is 205 g/mol. The van der Waals surface area contributed by atoms with E-state index in [0.29, 0.717) is 6.54 Å². The molecule has 1 aromatic heterocycles. The minimum atomic E-state index is 0.133. The summed E-state index contributed by atoms with van der Waals surface area (Å²) in [6.07, 6.45) is 1.85. The quantitative estimate of drug-likeness (QED) is 0.780. The summed E-state index contributed by atoms with van der Waals surface area (Å²) in [7, 11) is 0. The normalized spacial score (nSPS) is 10.3. The number of hydrogen-bond donors (Lipinski definition) is 1. The molecule has 1 N–H and O–H groups in total. The summed E-state index contributed by atoms with van der Waals surface area (Å²) >= 11 is 3.32. The number of aromatic nitrogens is 2. The van der Waals surface area contributed by atoms with Crippen molar-refractivity contribution in [2.75, 3.05) is 6.61 Å². The average Bonchev–Trinajstić information content (AvgIpc) is 2.14. The lowest BCUT2D eigenvalue weighted by atomic mass is 10.5. The summed E-state index contributed by atoms with van der Waals surface area (Å²) in [6.45, 7) is 2.61. The number of nitrogens with zero attached hydrogens (tertiary/aromatic N) is 2. The van der Waals surface area contributed by atoms with Crippen LogP contribution in [-0.2, 0) is 6.54 Å². The van der Waals surface area contributed by atoms with Crippen LogP contribution in [0.3, 0.4) is 0 Å². The van der Waals surface area contributed by atoms with Crippen LogP contribution < -0.4 is 0 Å². The molecule has 0 spiro atoms. The molecule has 3 nitrogen and oxygen atoms in total. The van der Waals surface area contributed by atoms with Gasteiger partial charge in [-0.2, -0.15) is 5.10 Å². The molecule has 0 saturated carbocycles. The molecular weight excluding hydrogens is 196 g/mol. The van der Waals surface area contributed by atoms with Crippen molar-refractivity contribution in [2.24, 2.45) is 0 Å². The lowest BCUT2D eigenvalue weighted by molar-refractivity contribution is 0.269. The van der Waals surface area contributed by atoms with Crippen LogP contribution in [-0.4, -0.2) is 21.5 Å². The van der Waals surface area contributed by atoms with Crippen LogP contribution in [0.4, 0.5) is 0 Å². The van der Waals surface area contributed by atoms with Gasteiger partial charge >= 0.3 is 0 Å². The summed E-state index contributed by atoms with van der Waals surface area (Å²) in [5.74, 6) is 0. The van der Waals surface area contributed by atoms with E-state index in [1.165, 1.54) is 0 Å². The molecule has 0 radical (unpaired) electrons. The molecule has 0 saturated heterocycles. The third-order valence-electron chi connectivity index (χ3n) is 1.22. The fourth-order valence-electron chi connectivity index (χ4n) is 0.711. The number of hydrogen-bond acceptors (Lipinski definition) is 2. The van der Waals surface area contributed by atoms with Gasteiger partial charge in [0, 0.05) is 6.20 Å². The second-order valence-corrected chi connectivity index (χ2v) is 2.90. The first-order chi connectivity index (χ1) is 4.74. The number of aliphatic hydroxyl groups excluding tert-OH is 1. The Labute approximate surface area is 67.8 Å². The number of rotatable bonds is 2. The van der Waals surface area contributed by atoms with Crippen molar-refractivity contribution >= 4 is 15.9 Å². The van der Waals surface area contributed by atoms with E-state index in [2.05, 4.69) is 21.0 Å². The zero-order valence-electron chi connectivity index (χ0n) is 5.71.